The van der Waals surface area contributed by atoms with E-state index in [-0.39, 0.29) is 32.1 Å². The van der Waals surface area contributed by atoms with Crippen LogP contribution in [0.2, 0.25) is 0 Å². The van der Waals surface area contributed by atoms with Gasteiger partial charge in [-0.1, -0.05) is 117 Å². The van der Waals surface area contributed by atoms with E-state index in [1.54, 1.807) is 28.2 Å². The van der Waals surface area contributed by atoms with Crippen LogP contribution >= 0.6 is 27.7 Å². The van der Waals surface area contributed by atoms with Gasteiger partial charge in [0.25, 0.3) is 0 Å². The van der Waals surface area contributed by atoms with Crippen LogP contribution in [0.1, 0.15) is 45.2 Å². The van der Waals surface area contributed by atoms with Crippen LogP contribution in [0, 0.1) is 12.2 Å². The van der Waals surface area contributed by atoms with Crippen LogP contribution in [0.4, 0.5) is 0 Å². The number of nitrogens with zero attached hydrogens (tertiary/aromatic N) is 2. The zero-order valence-electron chi connectivity index (χ0n) is 22.7. The van der Waals surface area contributed by atoms with Crippen molar-refractivity contribution in [3.05, 3.63) is 152 Å². The molecule has 0 saturated carbocycles. The largest absolute Gasteiger partial charge is 4.00 e. The van der Waals surface area contributed by atoms with Gasteiger partial charge in [0.2, 0.25) is 0 Å². The Balaban J connectivity index is 0.000000176. The van der Waals surface area contributed by atoms with Crippen molar-refractivity contribution in [2.45, 2.75) is 21.6 Å². The quantitative estimate of drug-likeness (QED) is 0.185. The summed E-state index contributed by atoms with van der Waals surface area (Å²) in [5.74, 6) is 0.606. The van der Waals surface area contributed by atoms with Crippen LogP contribution < -0.4 is 0 Å². The second-order valence-corrected chi connectivity index (χ2v) is 11.0. The molecule has 0 saturated heterocycles. The normalized spacial score (nSPS) is 16.0. The van der Waals surface area contributed by atoms with Gasteiger partial charge in [0.15, 0.2) is 0 Å². The van der Waals surface area contributed by atoms with Gasteiger partial charge in [-0.25, -0.2) is 12.2 Å². The molecule has 8 rings (SSSR count). The van der Waals surface area contributed by atoms with Gasteiger partial charge in [-0.3, -0.25) is 12.2 Å². The Morgan fingerprint density at radius 3 is 2.00 bits per heavy atom. The minimum atomic E-state index is 0. The third-order valence-corrected chi connectivity index (χ3v) is 7.79. The van der Waals surface area contributed by atoms with Crippen molar-refractivity contribution in [3.63, 3.8) is 0 Å². The number of rotatable bonds is 1. The van der Waals surface area contributed by atoms with E-state index in [1.165, 1.54) is 47.6 Å². The van der Waals surface area contributed by atoms with Crippen molar-refractivity contribution in [2.75, 3.05) is 28.2 Å². The van der Waals surface area contributed by atoms with Crippen molar-refractivity contribution in [3.8, 4) is 0 Å². The van der Waals surface area contributed by atoms with E-state index < -0.39 is 0 Å². The molecule has 2 heterocycles. The van der Waals surface area contributed by atoms with Crippen LogP contribution in [0.25, 0.3) is 22.8 Å². The van der Waals surface area contributed by atoms with Crippen molar-refractivity contribution in [1.82, 2.24) is 0 Å². The molecule has 2 aliphatic heterocycles. The molecule has 2 atom stereocenters. The molecule has 2 unspecified atom stereocenters. The Labute approximate surface area is 265 Å². The molecule has 0 radical (unpaired) electrons. The van der Waals surface area contributed by atoms with Crippen LogP contribution in [0.3, 0.4) is 0 Å². The second-order valence-electron chi connectivity index (χ2n) is 9.00. The smallest absolute Gasteiger partial charge is 0.668 e. The summed E-state index contributed by atoms with van der Waals surface area (Å²) in [5, 5.41) is 7.00. The summed E-state index contributed by atoms with van der Waals surface area (Å²) in [7, 11) is 7.00. The van der Waals surface area contributed by atoms with Gasteiger partial charge in [0.1, 0.15) is 0 Å². The first-order valence-electron chi connectivity index (χ1n) is 12.5. The molecule has 4 aromatic carbocycles. The fourth-order valence-electron chi connectivity index (χ4n) is 4.59. The molecular formula is C34H31BrN2SZr. The Morgan fingerprint density at radius 1 is 0.641 bits per heavy atom. The maximum absolute atomic E-state index is 3.62. The molecule has 0 N–H and O–H groups in total. The Hall–Kier alpha value is -2.01. The Morgan fingerprint density at radius 2 is 1.26 bits per heavy atom. The van der Waals surface area contributed by atoms with Gasteiger partial charge in [-0.05, 0) is 17.0 Å². The van der Waals surface area contributed by atoms with E-state index in [0.717, 1.165) is 0 Å². The minimum Gasteiger partial charge on any atom is -0.668 e. The first-order chi connectivity index (χ1) is 18.6. The van der Waals surface area contributed by atoms with Crippen molar-refractivity contribution < 1.29 is 26.2 Å². The third-order valence-electron chi connectivity index (χ3n) is 6.12. The average Bonchev–Trinajstić information content (AvgIpc) is 3.57. The van der Waals surface area contributed by atoms with Crippen molar-refractivity contribution in [2.24, 2.45) is 0 Å². The maximum atomic E-state index is 3.62. The van der Waals surface area contributed by atoms with E-state index in [9.17, 15) is 0 Å². The van der Waals surface area contributed by atoms with Gasteiger partial charge in [-0.2, -0.15) is 39.3 Å². The van der Waals surface area contributed by atoms with E-state index in [1.807, 2.05) is 17.8 Å². The van der Waals surface area contributed by atoms with Crippen molar-refractivity contribution >= 4 is 39.8 Å². The molecule has 0 aromatic heterocycles. The maximum Gasteiger partial charge on any atom is 4.00 e. The van der Waals surface area contributed by atoms with Crippen LogP contribution in [-0.2, 0) is 26.2 Å². The molecule has 2 nitrogen and oxygen atoms in total. The Kier molecular flexibility index (Phi) is 12.7. The average molecular weight is 671 g/mol. The molecule has 5 heteroatoms. The van der Waals surface area contributed by atoms with Crippen molar-refractivity contribution in [1.29, 1.82) is 0 Å². The van der Waals surface area contributed by atoms with E-state index >= 15 is 0 Å². The summed E-state index contributed by atoms with van der Waals surface area (Å²) in [6.45, 7) is 0. The molecule has 0 amide bonds. The predicted molar refractivity (Wildman–Crippen MR) is 167 cm³/mol. The third kappa shape index (κ3) is 7.81. The zero-order chi connectivity index (χ0) is 26.9. The fraction of sp³-hybridized carbons (Fsp3) is 0.176. The number of hydrogen-bond acceptors (Lipinski definition) is 1. The van der Waals surface area contributed by atoms with Gasteiger partial charge >= 0.3 is 26.2 Å². The second kappa shape index (κ2) is 15.7. The number of benzene rings is 4. The monoisotopic (exact) mass is 668 g/mol. The summed E-state index contributed by atoms with van der Waals surface area (Å²) in [6.07, 6.45) is 11.1. The molecule has 4 aliphatic rings. The van der Waals surface area contributed by atoms with E-state index in [4.69, 9.17) is 0 Å². The number of halogens is 1. The summed E-state index contributed by atoms with van der Waals surface area (Å²) in [4.78, 5) is 2.64. The molecule has 194 valence electrons. The minimum absolute atomic E-state index is 0. The first kappa shape index (κ1) is 31.5. The van der Waals surface area contributed by atoms with Gasteiger partial charge < -0.3 is 10.6 Å². The zero-order valence-corrected chi connectivity index (χ0v) is 27.5. The Bertz CT molecular complexity index is 1420. The molecule has 4 aromatic rings. The molecular weight excluding hydrogens is 640 g/mol. The summed E-state index contributed by atoms with van der Waals surface area (Å²) >= 11 is 5.46. The molecule has 0 fully saturated rings. The molecule has 2 aliphatic carbocycles. The molecule has 0 spiro atoms. The number of hydrogen-bond donors (Lipinski definition) is 0. The van der Waals surface area contributed by atoms with Crippen LogP contribution in [0.5, 0.6) is 0 Å². The van der Waals surface area contributed by atoms with Gasteiger partial charge in [0, 0.05) is 9.37 Å². The van der Waals surface area contributed by atoms with Crippen LogP contribution in [-0.4, -0.2) is 28.2 Å². The number of allylic oxidation sites excluding steroid dienone is 2. The van der Waals surface area contributed by atoms with Crippen LogP contribution in [0.15, 0.2) is 105 Å². The number of fused-ring (bicyclic) bond motifs is 2. The standard InChI is InChI=1S/C15H10Br.C15H9S.2C2H6N.Zr/c16-14-8-4-7-12-9-10-13(15(12)14)11-5-2-1-3-6-11;1-2-10-8-12(3-1)16-13-5-7-15-11(9-13)4-6-14(10)15;2*1-3-2;/h1-9,13H;1-5,7-9,14H;2*1-2H3;/q4*-1;+4. The summed E-state index contributed by atoms with van der Waals surface area (Å²) < 4.78 is 1.17. The topological polar surface area (TPSA) is 28.2 Å². The summed E-state index contributed by atoms with van der Waals surface area (Å²) in [6, 6.07) is 32.3. The van der Waals surface area contributed by atoms with E-state index in [0.29, 0.717) is 5.92 Å². The summed E-state index contributed by atoms with van der Waals surface area (Å²) in [5.41, 5.74) is 7.97. The predicted octanol–water partition coefficient (Wildman–Crippen LogP) is 9.76. The fourth-order valence-corrected chi connectivity index (χ4v) is 6.13. The van der Waals surface area contributed by atoms with Gasteiger partial charge in [-0.15, -0.1) is 23.3 Å². The first-order valence-corrected chi connectivity index (χ1v) is 14.1. The SMILES string of the molecule is Brc1cccc2c1C(c1ccccc1)[C-]=C2.C[N-]C.C[N-]C.[C-]1=Cc2cc3ccc2C1c1cccc(c1)S3.[Zr+4]. The molecule has 6 bridgehead atoms. The molecule has 39 heavy (non-hydrogen) atoms. The van der Waals surface area contributed by atoms with E-state index in [2.05, 4.69) is 136 Å². The van der Waals surface area contributed by atoms with Gasteiger partial charge in [0.05, 0.1) is 0 Å².